The van der Waals surface area contributed by atoms with Gasteiger partial charge in [0, 0.05) is 5.56 Å². The van der Waals surface area contributed by atoms with Crippen LogP contribution in [0.25, 0.3) is 6.08 Å². The minimum Gasteiger partial charge on any atom is -0.504 e. The van der Waals surface area contributed by atoms with Crippen LogP contribution in [-0.4, -0.2) is 20.9 Å². The van der Waals surface area contributed by atoms with Gasteiger partial charge in [-0.1, -0.05) is 30.3 Å². The van der Waals surface area contributed by atoms with Crippen LogP contribution in [0.15, 0.2) is 48.5 Å². The van der Waals surface area contributed by atoms with E-state index < -0.39 is 22.1 Å². The number of carbonyl (C=O) groups is 1. The number of hydrogen-bond donors (Lipinski definition) is 2. The number of aromatic hydroxyl groups is 2. The number of nitro groups is 1. The van der Waals surface area contributed by atoms with Gasteiger partial charge in [0.05, 0.1) is 10.5 Å². The van der Waals surface area contributed by atoms with Crippen molar-refractivity contribution in [1.29, 1.82) is 0 Å². The van der Waals surface area contributed by atoms with E-state index in [-0.39, 0.29) is 11.3 Å². The van der Waals surface area contributed by atoms with Crippen LogP contribution in [0.2, 0.25) is 0 Å². The molecule has 0 saturated carbocycles. The average Bonchev–Trinajstić information content (AvgIpc) is 2.48. The number of ketones is 1. The van der Waals surface area contributed by atoms with E-state index in [0.717, 1.165) is 6.07 Å². The quantitative estimate of drug-likeness (QED) is 0.296. The zero-order chi connectivity index (χ0) is 15.4. The number of nitro benzene ring substituents is 1. The summed E-state index contributed by atoms with van der Waals surface area (Å²) in [4.78, 5) is 22.0. The fourth-order valence-electron chi connectivity index (χ4n) is 1.78. The summed E-state index contributed by atoms with van der Waals surface area (Å²) in [5.41, 5.74) is -0.175. The van der Waals surface area contributed by atoms with E-state index in [9.17, 15) is 25.1 Å². The Balaban J connectivity index is 2.36. The van der Waals surface area contributed by atoms with Gasteiger partial charge in [0.15, 0.2) is 11.5 Å². The normalized spacial score (nSPS) is 10.7. The maximum atomic E-state index is 11.9. The van der Waals surface area contributed by atoms with Gasteiger partial charge in [0.25, 0.3) is 0 Å². The molecular formula is C15H11NO5. The standard InChI is InChI=1S/C15H11NO5/c17-12(10-4-2-1-3-5-10)8-6-11-7-9-13(18)15(19)14(11)16(20)21/h1-9,18-19H/b8-6+. The second kappa shape index (κ2) is 5.87. The van der Waals surface area contributed by atoms with Crippen molar-refractivity contribution in [3.8, 4) is 11.5 Å². The van der Waals surface area contributed by atoms with Crippen molar-refractivity contribution >= 4 is 17.5 Å². The minimum atomic E-state index is -0.825. The molecular weight excluding hydrogens is 274 g/mol. The number of hydrogen-bond acceptors (Lipinski definition) is 5. The number of nitrogens with zero attached hydrogens (tertiary/aromatic N) is 1. The van der Waals surface area contributed by atoms with Crippen LogP contribution < -0.4 is 0 Å². The molecule has 21 heavy (non-hydrogen) atoms. The van der Waals surface area contributed by atoms with Crippen LogP contribution in [0, 0.1) is 10.1 Å². The van der Waals surface area contributed by atoms with Crippen molar-refractivity contribution in [3.05, 3.63) is 69.8 Å². The monoisotopic (exact) mass is 285 g/mol. The van der Waals surface area contributed by atoms with Crippen LogP contribution in [0.3, 0.4) is 0 Å². The van der Waals surface area contributed by atoms with E-state index in [2.05, 4.69) is 0 Å². The molecule has 0 bridgehead atoms. The predicted octanol–water partition coefficient (Wildman–Crippen LogP) is 2.90. The predicted molar refractivity (Wildman–Crippen MR) is 76.2 cm³/mol. The van der Waals surface area contributed by atoms with Crippen molar-refractivity contribution in [2.45, 2.75) is 0 Å². The number of carbonyl (C=O) groups excluding carboxylic acids is 1. The maximum absolute atomic E-state index is 11.9. The first kappa shape index (κ1) is 14.3. The third-order valence-corrected chi connectivity index (χ3v) is 2.82. The SMILES string of the molecule is O=C(/C=C/c1ccc(O)c(O)c1[N+](=O)[O-])c1ccccc1. The van der Waals surface area contributed by atoms with Crippen molar-refractivity contribution in [2.75, 3.05) is 0 Å². The molecule has 0 atom stereocenters. The van der Waals surface area contributed by atoms with E-state index >= 15 is 0 Å². The third-order valence-electron chi connectivity index (χ3n) is 2.82. The first-order valence-corrected chi connectivity index (χ1v) is 5.97. The lowest BCUT2D eigenvalue weighted by Gasteiger charge is -2.02. The molecule has 6 heteroatoms. The second-order valence-corrected chi connectivity index (χ2v) is 4.19. The number of phenolic OH excluding ortho intramolecular Hbond substituents is 2. The van der Waals surface area contributed by atoms with E-state index in [1.807, 2.05) is 0 Å². The Morgan fingerprint density at radius 1 is 1.10 bits per heavy atom. The summed E-state index contributed by atoms with van der Waals surface area (Å²) in [6, 6.07) is 10.8. The lowest BCUT2D eigenvalue weighted by atomic mass is 10.1. The summed E-state index contributed by atoms with van der Waals surface area (Å²) >= 11 is 0. The summed E-state index contributed by atoms with van der Waals surface area (Å²) in [6.45, 7) is 0. The fourth-order valence-corrected chi connectivity index (χ4v) is 1.78. The molecule has 2 aromatic carbocycles. The first-order valence-electron chi connectivity index (χ1n) is 5.97. The van der Waals surface area contributed by atoms with Gasteiger partial charge >= 0.3 is 5.69 Å². The molecule has 2 rings (SSSR count). The lowest BCUT2D eigenvalue weighted by molar-refractivity contribution is -0.386. The summed E-state index contributed by atoms with van der Waals surface area (Å²) in [5.74, 6) is -1.74. The number of phenols is 2. The van der Waals surface area contributed by atoms with Gasteiger partial charge in [-0.05, 0) is 24.3 Å². The van der Waals surface area contributed by atoms with Crippen molar-refractivity contribution in [3.63, 3.8) is 0 Å². The molecule has 0 heterocycles. The van der Waals surface area contributed by atoms with Crippen LogP contribution in [0.1, 0.15) is 15.9 Å². The van der Waals surface area contributed by atoms with E-state index in [1.165, 1.54) is 18.2 Å². The zero-order valence-corrected chi connectivity index (χ0v) is 10.8. The molecule has 0 amide bonds. The molecule has 0 spiro atoms. The number of rotatable bonds is 4. The van der Waals surface area contributed by atoms with Gasteiger partial charge in [-0.3, -0.25) is 14.9 Å². The molecule has 106 valence electrons. The fraction of sp³-hybridized carbons (Fsp3) is 0. The van der Waals surface area contributed by atoms with E-state index in [4.69, 9.17) is 0 Å². The van der Waals surface area contributed by atoms with Gasteiger partial charge in [-0.15, -0.1) is 0 Å². The molecule has 0 radical (unpaired) electrons. The van der Waals surface area contributed by atoms with E-state index in [1.54, 1.807) is 30.3 Å². The molecule has 0 unspecified atom stereocenters. The van der Waals surface area contributed by atoms with Gasteiger partial charge in [0.1, 0.15) is 0 Å². The molecule has 6 nitrogen and oxygen atoms in total. The van der Waals surface area contributed by atoms with Gasteiger partial charge in [-0.2, -0.15) is 0 Å². The Morgan fingerprint density at radius 2 is 1.76 bits per heavy atom. The Hall–Kier alpha value is -3.15. The molecule has 0 aliphatic heterocycles. The molecule has 0 saturated heterocycles. The highest BCUT2D eigenvalue weighted by Crippen LogP contribution is 2.38. The van der Waals surface area contributed by atoms with Gasteiger partial charge in [0.2, 0.25) is 5.75 Å². The summed E-state index contributed by atoms with van der Waals surface area (Å²) in [5, 5.41) is 29.7. The van der Waals surface area contributed by atoms with Crippen molar-refractivity contribution in [2.24, 2.45) is 0 Å². The van der Waals surface area contributed by atoms with Gasteiger partial charge in [-0.25, -0.2) is 0 Å². The highest BCUT2D eigenvalue weighted by atomic mass is 16.6. The van der Waals surface area contributed by atoms with Crippen LogP contribution in [0.5, 0.6) is 11.5 Å². The van der Waals surface area contributed by atoms with Crippen LogP contribution in [0.4, 0.5) is 5.69 Å². The number of benzene rings is 2. The lowest BCUT2D eigenvalue weighted by Crippen LogP contribution is -1.95. The Bertz CT molecular complexity index is 722. The Morgan fingerprint density at radius 3 is 2.38 bits per heavy atom. The summed E-state index contributed by atoms with van der Waals surface area (Å²) in [7, 11) is 0. The Labute approximate surface area is 119 Å². The van der Waals surface area contributed by atoms with Crippen molar-refractivity contribution < 1.29 is 19.9 Å². The minimum absolute atomic E-state index is 0.0274. The largest absolute Gasteiger partial charge is 0.504 e. The highest BCUT2D eigenvalue weighted by molar-refractivity contribution is 6.07. The molecule has 2 aromatic rings. The highest BCUT2D eigenvalue weighted by Gasteiger charge is 2.21. The molecule has 0 aliphatic rings. The molecule has 0 fully saturated rings. The van der Waals surface area contributed by atoms with Crippen LogP contribution in [-0.2, 0) is 0 Å². The zero-order valence-electron chi connectivity index (χ0n) is 10.8. The molecule has 0 aromatic heterocycles. The van der Waals surface area contributed by atoms with Crippen LogP contribution >= 0.6 is 0 Å². The summed E-state index contributed by atoms with van der Waals surface area (Å²) < 4.78 is 0. The van der Waals surface area contributed by atoms with Gasteiger partial charge < -0.3 is 10.2 Å². The average molecular weight is 285 g/mol. The maximum Gasteiger partial charge on any atom is 0.321 e. The second-order valence-electron chi connectivity index (χ2n) is 4.19. The molecule has 2 N–H and O–H groups in total. The topological polar surface area (TPSA) is 101 Å². The van der Waals surface area contributed by atoms with E-state index in [0.29, 0.717) is 5.56 Å². The smallest absolute Gasteiger partial charge is 0.321 e. The number of allylic oxidation sites excluding steroid dienone is 1. The third kappa shape index (κ3) is 3.06. The Kier molecular flexibility index (Phi) is 3.99. The van der Waals surface area contributed by atoms with Crippen molar-refractivity contribution in [1.82, 2.24) is 0 Å². The molecule has 0 aliphatic carbocycles. The first-order chi connectivity index (χ1) is 10.0. The summed E-state index contributed by atoms with van der Waals surface area (Å²) in [6.07, 6.45) is 2.40.